The quantitative estimate of drug-likeness (QED) is 0.394. The molecule has 0 saturated heterocycles. The van der Waals surface area contributed by atoms with E-state index in [4.69, 9.17) is 5.73 Å². The zero-order valence-corrected chi connectivity index (χ0v) is 17.9. The molecular weight excluding hydrogens is 437 g/mol. The van der Waals surface area contributed by atoms with Crippen LogP contribution in [0.1, 0.15) is 15.9 Å². The van der Waals surface area contributed by atoms with Crippen molar-refractivity contribution in [1.82, 2.24) is 20.1 Å². The van der Waals surface area contributed by atoms with E-state index in [2.05, 4.69) is 15.4 Å². The zero-order chi connectivity index (χ0) is 24.1. The number of nitrogens with one attached hydrogen (secondary N) is 1. The minimum atomic E-state index is -1.15. The Kier molecular flexibility index (Phi) is 6.54. The van der Waals surface area contributed by atoms with Gasteiger partial charge < -0.3 is 11.1 Å². The molecule has 8 nitrogen and oxygen atoms in total. The number of Topliss-reactive ketones (excluding diaryl/α,β-unsaturated/α-hetero) is 1. The van der Waals surface area contributed by atoms with E-state index in [0.29, 0.717) is 11.3 Å². The van der Waals surface area contributed by atoms with Crippen LogP contribution in [0.25, 0.3) is 17.1 Å². The first-order valence-electron chi connectivity index (χ1n) is 10.4. The first-order chi connectivity index (χ1) is 16.4. The van der Waals surface area contributed by atoms with Crippen LogP contribution in [-0.4, -0.2) is 38.4 Å². The Morgan fingerprint density at radius 2 is 1.71 bits per heavy atom. The number of benzene rings is 2. The fourth-order valence-electron chi connectivity index (χ4n) is 3.44. The average molecular weight is 457 g/mol. The summed E-state index contributed by atoms with van der Waals surface area (Å²) in [6.45, 7) is 0. The van der Waals surface area contributed by atoms with Gasteiger partial charge in [-0.3, -0.25) is 14.4 Å². The standard InChI is InChI=1S/C25H20FN5O3/c26-18-10-8-17(9-11-18)20-12-14-31(30-20)24-19(7-4-13-28-24)25(34)29-21(22(32)23(27)33)15-16-5-2-1-3-6-16/h1-14,21H,15H2,(H2,27,33)(H,29,34). The van der Waals surface area contributed by atoms with Crippen molar-refractivity contribution >= 4 is 17.6 Å². The molecule has 2 aromatic carbocycles. The Morgan fingerprint density at radius 3 is 2.41 bits per heavy atom. The largest absolute Gasteiger partial charge is 0.363 e. The van der Waals surface area contributed by atoms with E-state index in [1.54, 1.807) is 54.7 Å². The summed E-state index contributed by atoms with van der Waals surface area (Å²) in [5.74, 6) is -2.79. The molecule has 0 aliphatic heterocycles. The minimum Gasteiger partial charge on any atom is -0.363 e. The molecule has 2 aromatic heterocycles. The molecule has 9 heteroatoms. The number of nitrogens with two attached hydrogens (primary N) is 1. The van der Waals surface area contributed by atoms with E-state index in [9.17, 15) is 18.8 Å². The highest BCUT2D eigenvalue weighted by Crippen LogP contribution is 2.20. The van der Waals surface area contributed by atoms with E-state index in [-0.39, 0.29) is 23.6 Å². The van der Waals surface area contributed by atoms with Crippen molar-refractivity contribution in [1.29, 1.82) is 0 Å². The predicted octanol–water partition coefficient (Wildman–Crippen LogP) is 2.47. The summed E-state index contributed by atoms with van der Waals surface area (Å²) in [5.41, 5.74) is 7.35. The molecule has 0 radical (unpaired) electrons. The highest BCUT2D eigenvalue weighted by Gasteiger charge is 2.27. The van der Waals surface area contributed by atoms with Crippen molar-refractivity contribution in [3.8, 4) is 17.1 Å². The highest BCUT2D eigenvalue weighted by atomic mass is 19.1. The molecule has 170 valence electrons. The lowest BCUT2D eigenvalue weighted by Gasteiger charge is -2.17. The van der Waals surface area contributed by atoms with Crippen LogP contribution in [0.15, 0.2) is 85.2 Å². The minimum absolute atomic E-state index is 0.0977. The second-order valence-corrected chi connectivity index (χ2v) is 7.47. The fraction of sp³-hybridized carbons (Fsp3) is 0.0800. The maximum Gasteiger partial charge on any atom is 0.287 e. The van der Waals surface area contributed by atoms with Crippen molar-refractivity contribution in [3.05, 3.63) is 102 Å². The van der Waals surface area contributed by atoms with Crippen LogP contribution in [0.2, 0.25) is 0 Å². The number of hydrogen-bond acceptors (Lipinski definition) is 5. The monoisotopic (exact) mass is 457 g/mol. The Labute approximate surface area is 194 Å². The molecule has 2 heterocycles. The van der Waals surface area contributed by atoms with Crippen LogP contribution in [0.4, 0.5) is 4.39 Å². The molecule has 1 atom stereocenters. The molecule has 0 bridgehead atoms. The number of carbonyl (C=O) groups is 3. The van der Waals surface area contributed by atoms with E-state index in [1.165, 1.54) is 29.1 Å². The molecule has 0 aliphatic carbocycles. The molecule has 0 spiro atoms. The van der Waals surface area contributed by atoms with Gasteiger partial charge in [-0.2, -0.15) is 5.10 Å². The number of rotatable bonds is 8. The Hall–Kier alpha value is -4.66. The van der Waals surface area contributed by atoms with Gasteiger partial charge in [0.05, 0.1) is 11.3 Å². The lowest BCUT2D eigenvalue weighted by molar-refractivity contribution is -0.137. The second-order valence-electron chi connectivity index (χ2n) is 7.47. The fourth-order valence-corrected chi connectivity index (χ4v) is 3.44. The Bertz CT molecular complexity index is 1340. The van der Waals surface area contributed by atoms with Crippen molar-refractivity contribution in [2.45, 2.75) is 12.5 Å². The zero-order valence-electron chi connectivity index (χ0n) is 17.9. The van der Waals surface area contributed by atoms with Crippen LogP contribution in [0.3, 0.4) is 0 Å². The van der Waals surface area contributed by atoms with Gasteiger partial charge in [-0.1, -0.05) is 30.3 Å². The number of nitrogens with zero attached hydrogens (tertiary/aromatic N) is 3. The number of pyridine rings is 1. The smallest absolute Gasteiger partial charge is 0.287 e. The van der Waals surface area contributed by atoms with E-state index < -0.39 is 23.6 Å². The number of aromatic nitrogens is 3. The third-order valence-electron chi connectivity index (χ3n) is 5.12. The van der Waals surface area contributed by atoms with Gasteiger partial charge >= 0.3 is 0 Å². The van der Waals surface area contributed by atoms with Crippen LogP contribution in [0, 0.1) is 5.82 Å². The van der Waals surface area contributed by atoms with Crippen LogP contribution >= 0.6 is 0 Å². The molecule has 34 heavy (non-hydrogen) atoms. The molecule has 0 fully saturated rings. The van der Waals surface area contributed by atoms with Crippen LogP contribution < -0.4 is 11.1 Å². The second kappa shape index (κ2) is 9.86. The maximum atomic E-state index is 13.2. The molecule has 1 unspecified atom stereocenters. The number of amides is 2. The molecule has 4 aromatic rings. The molecule has 4 rings (SSSR count). The first-order valence-corrected chi connectivity index (χ1v) is 10.4. The van der Waals surface area contributed by atoms with E-state index >= 15 is 0 Å². The summed E-state index contributed by atoms with van der Waals surface area (Å²) >= 11 is 0. The molecule has 2 amide bonds. The van der Waals surface area contributed by atoms with E-state index in [1.807, 2.05) is 6.07 Å². The van der Waals surface area contributed by atoms with Gasteiger partial charge in [0.25, 0.3) is 11.8 Å². The van der Waals surface area contributed by atoms with Gasteiger partial charge in [0.2, 0.25) is 5.78 Å². The van der Waals surface area contributed by atoms with Gasteiger partial charge in [0.1, 0.15) is 11.9 Å². The lowest BCUT2D eigenvalue weighted by Crippen LogP contribution is -2.47. The van der Waals surface area contributed by atoms with Crippen LogP contribution in [-0.2, 0) is 16.0 Å². The van der Waals surface area contributed by atoms with Crippen LogP contribution in [0.5, 0.6) is 0 Å². The van der Waals surface area contributed by atoms with Gasteiger partial charge in [0.15, 0.2) is 5.82 Å². The SMILES string of the molecule is NC(=O)C(=O)C(Cc1ccccc1)NC(=O)c1cccnc1-n1ccc(-c2ccc(F)cc2)n1. The van der Waals surface area contributed by atoms with Gasteiger partial charge in [-0.25, -0.2) is 14.1 Å². The molecule has 0 saturated carbocycles. The lowest BCUT2D eigenvalue weighted by atomic mass is 10.0. The number of hydrogen-bond donors (Lipinski definition) is 2. The number of primary amides is 1. The van der Waals surface area contributed by atoms with Crippen molar-refractivity contribution in [3.63, 3.8) is 0 Å². The summed E-state index contributed by atoms with van der Waals surface area (Å²) in [7, 11) is 0. The van der Waals surface area contributed by atoms with E-state index in [0.717, 1.165) is 5.56 Å². The molecule has 3 N–H and O–H groups in total. The Morgan fingerprint density at radius 1 is 0.971 bits per heavy atom. The topological polar surface area (TPSA) is 120 Å². The van der Waals surface area contributed by atoms with Crippen molar-refractivity contribution in [2.75, 3.05) is 0 Å². The summed E-state index contributed by atoms with van der Waals surface area (Å²) in [4.78, 5) is 41.4. The van der Waals surface area contributed by atoms with Gasteiger partial charge in [-0.05, 0) is 48.0 Å². The summed E-state index contributed by atoms with van der Waals surface area (Å²) in [6.07, 6.45) is 3.22. The van der Waals surface area contributed by atoms with Crippen molar-refractivity contribution < 1.29 is 18.8 Å². The summed E-state index contributed by atoms with van der Waals surface area (Å²) in [6, 6.07) is 18.5. The number of halogens is 1. The highest BCUT2D eigenvalue weighted by molar-refractivity contribution is 6.38. The maximum absolute atomic E-state index is 13.2. The van der Waals surface area contributed by atoms with Gasteiger partial charge in [0, 0.05) is 24.4 Å². The third kappa shape index (κ3) is 5.04. The summed E-state index contributed by atoms with van der Waals surface area (Å²) < 4.78 is 14.6. The number of ketones is 1. The molecular formula is C25H20FN5O3. The first kappa shape index (κ1) is 22.5. The van der Waals surface area contributed by atoms with Crippen molar-refractivity contribution in [2.24, 2.45) is 5.73 Å². The normalized spacial score (nSPS) is 11.6. The average Bonchev–Trinajstić information content (AvgIpc) is 3.34. The third-order valence-corrected chi connectivity index (χ3v) is 5.12. The molecule has 0 aliphatic rings. The predicted molar refractivity (Wildman–Crippen MR) is 122 cm³/mol. The number of carbonyl (C=O) groups excluding carboxylic acids is 3. The van der Waals surface area contributed by atoms with Gasteiger partial charge in [-0.15, -0.1) is 0 Å². The Balaban J connectivity index is 1.61. The summed E-state index contributed by atoms with van der Waals surface area (Å²) in [5, 5.41) is 7.05.